The van der Waals surface area contributed by atoms with Crippen LogP contribution in [0.3, 0.4) is 0 Å². The molecule has 3 aromatic rings. The van der Waals surface area contributed by atoms with Crippen LogP contribution < -0.4 is 10.6 Å². The van der Waals surface area contributed by atoms with Crippen molar-refractivity contribution in [2.75, 3.05) is 59.8 Å². The number of aryl methyl sites for hydroxylation is 2. The number of hydrogen-bond donors (Lipinski definition) is 3. The quantitative estimate of drug-likeness (QED) is 0.174. The highest BCUT2D eigenvalue weighted by Crippen LogP contribution is 2.32. The van der Waals surface area contributed by atoms with Gasteiger partial charge in [0.2, 0.25) is 11.8 Å². The minimum absolute atomic E-state index is 0.0628. The molecule has 1 aliphatic heterocycles. The van der Waals surface area contributed by atoms with E-state index in [2.05, 4.69) is 20.8 Å². The van der Waals surface area contributed by atoms with Gasteiger partial charge in [0.05, 0.1) is 73.6 Å². The van der Waals surface area contributed by atoms with Gasteiger partial charge in [-0.1, -0.05) is 43.3 Å². The number of aliphatic hydroxyl groups excluding tert-OH is 1. The normalized spacial score (nSPS) is 17.8. The van der Waals surface area contributed by atoms with E-state index in [9.17, 15) is 14.7 Å². The largest absolute Gasteiger partial charge is 0.391 e. The number of aliphatic hydroxyl groups is 1. The Labute approximate surface area is 274 Å². The van der Waals surface area contributed by atoms with Gasteiger partial charge in [-0.25, -0.2) is 4.98 Å². The minimum atomic E-state index is -0.847. The molecule has 4 atom stereocenters. The van der Waals surface area contributed by atoms with Crippen molar-refractivity contribution < 1.29 is 33.4 Å². The number of aromatic nitrogens is 2. The number of likely N-dealkylation sites (N-methyl/N-ethyl adjacent to an activating group) is 1. The first-order valence-electron chi connectivity index (χ1n) is 15.8. The van der Waals surface area contributed by atoms with Crippen LogP contribution in [-0.2, 0) is 23.8 Å². The molecule has 13 heteroatoms. The van der Waals surface area contributed by atoms with Gasteiger partial charge in [-0.05, 0) is 37.9 Å². The molecule has 12 nitrogen and oxygen atoms in total. The Morgan fingerprint density at radius 3 is 2.39 bits per heavy atom. The van der Waals surface area contributed by atoms with E-state index in [0.717, 1.165) is 28.2 Å². The lowest BCUT2D eigenvalue weighted by atomic mass is 9.91. The number of carbonyl (C=O) groups excluding carboxylic acids is 2. The molecule has 3 heterocycles. The smallest absolute Gasteiger partial charge is 0.243 e. The molecule has 2 amide bonds. The monoisotopic (exact) mass is 657 g/mol. The zero-order valence-electron chi connectivity index (χ0n) is 27.4. The number of ether oxygens (including phenoxy) is 3. The summed E-state index contributed by atoms with van der Waals surface area (Å²) >= 11 is 1.58. The third-order valence-electron chi connectivity index (χ3n) is 7.91. The zero-order chi connectivity index (χ0) is 33.1. The molecule has 1 saturated heterocycles. The number of amides is 2. The maximum absolute atomic E-state index is 13.9. The van der Waals surface area contributed by atoms with Gasteiger partial charge in [0.15, 0.2) is 0 Å². The molecule has 2 aromatic heterocycles. The number of rotatable bonds is 18. The Bertz CT molecular complexity index is 1380. The predicted molar refractivity (Wildman–Crippen MR) is 174 cm³/mol. The van der Waals surface area contributed by atoms with Crippen molar-refractivity contribution >= 4 is 23.2 Å². The molecule has 1 aliphatic rings. The van der Waals surface area contributed by atoms with E-state index < -0.39 is 24.1 Å². The van der Waals surface area contributed by atoms with E-state index in [1.165, 1.54) is 4.90 Å². The number of hydrogen-bond acceptors (Lipinski definition) is 11. The van der Waals surface area contributed by atoms with Gasteiger partial charge in [0.1, 0.15) is 17.7 Å². The molecule has 0 saturated carbocycles. The lowest BCUT2D eigenvalue weighted by Crippen LogP contribution is -2.49. The van der Waals surface area contributed by atoms with Gasteiger partial charge in [-0.2, -0.15) is 0 Å². The second kappa shape index (κ2) is 17.6. The molecule has 1 aromatic carbocycles. The molecular formula is C33H47N5O7S. The summed E-state index contributed by atoms with van der Waals surface area (Å²) in [6.07, 6.45) is -0.681. The van der Waals surface area contributed by atoms with Crippen molar-refractivity contribution in [1.82, 2.24) is 25.7 Å². The Morgan fingerprint density at radius 1 is 1.09 bits per heavy atom. The fourth-order valence-electron chi connectivity index (χ4n) is 5.50. The van der Waals surface area contributed by atoms with Gasteiger partial charge in [0, 0.05) is 25.6 Å². The van der Waals surface area contributed by atoms with Gasteiger partial charge >= 0.3 is 0 Å². The molecule has 0 radical (unpaired) electrons. The Morgan fingerprint density at radius 2 is 1.78 bits per heavy atom. The standard InChI is InChI=1S/C33H47N5O7S/c1-21(2)30(29-16-22(3)37-45-29)33(41)38-18-26(39)17-28(38)32(40)36-27(19-44-15-14-43-13-12-42-11-10-34-5)24-6-8-25(9-7-24)31-23(4)35-20-46-31/h6-9,16,20-21,26-28,30,34,39H,10-15,17-19H2,1-5H3,(H,36,40)/t26-,27?,28+,30?/m1/s1. The second-order valence-corrected chi connectivity index (χ2v) is 12.7. The third kappa shape index (κ3) is 9.66. The van der Waals surface area contributed by atoms with Crippen molar-refractivity contribution in [1.29, 1.82) is 0 Å². The summed E-state index contributed by atoms with van der Waals surface area (Å²) in [5, 5.41) is 20.7. The van der Waals surface area contributed by atoms with Crippen molar-refractivity contribution in [2.24, 2.45) is 5.92 Å². The molecule has 2 unspecified atom stereocenters. The SMILES string of the molecule is CNCCOCCOCCOCC(NC(=O)[C@@H]1C[C@@H](O)CN1C(=O)C(c1cc(C)no1)C(C)C)c1ccc(-c2scnc2C)cc1. The zero-order valence-corrected chi connectivity index (χ0v) is 28.2. The Balaban J connectivity index is 1.44. The first-order chi connectivity index (χ1) is 22.2. The number of benzene rings is 1. The summed E-state index contributed by atoms with van der Waals surface area (Å²) in [5.41, 5.74) is 5.35. The number of likely N-dealkylation sites (tertiary alicyclic amines) is 1. The molecule has 252 valence electrons. The van der Waals surface area contributed by atoms with E-state index in [1.54, 1.807) is 24.3 Å². The first kappa shape index (κ1) is 35.7. The summed E-state index contributed by atoms with van der Waals surface area (Å²) in [6, 6.07) is 8.35. The molecule has 46 heavy (non-hydrogen) atoms. The van der Waals surface area contributed by atoms with Crippen LogP contribution in [0.5, 0.6) is 0 Å². The number of nitrogens with one attached hydrogen (secondary N) is 2. The lowest BCUT2D eigenvalue weighted by molar-refractivity contribution is -0.141. The van der Waals surface area contributed by atoms with E-state index >= 15 is 0 Å². The van der Waals surface area contributed by atoms with E-state index in [1.807, 2.05) is 57.6 Å². The average Bonchev–Trinajstić information content (AvgIpc) is 3.77. The molecular weight excluding hydrogens is 610 g/mol. The Kier molecular flexibility index (Phi) is 13.7. The molecule has 1 fully saturated rings. The van der Waals surface area contributed by atoms with E-state index in [-0.39, 0.29) is 37.3 Å². The minimum Gasteiger partial charge on any atom is -0.391 e. The number of carbonyl (C=O) groups is 2. The van der Waals surface area contributed by atoms with E-state index in [0.29, 0.717) is 44.5 Å². The van der Waals surface area contributed by atoms with Crippen LogP contribution in [-0.4, -0.2) is 104 Å². The van der Waals surface area contributed by atoms with Crippen LogP contribution >= 0.6 is 11.3 Å². The third-order valence-corrected chi connectivity index (χ3v) is 8.89. The van der Waals surface area contributed by atoms with Crippen molar-refractivity contribution in [3.05, 3.63) is 58.6 Å². The highest BCUT2D eigenvalue weighted by atomic mass is 32.1. The van der Waals surface area contributed by atoms with Crippen LogP contribution in [0.2, 0.25) is 0 Å². The fourth-order valence-corrected chi connectivity index (χ4v) is 6.31. The van der Waals surface area contributed by atoms with Crippen LogP contribution in [0.15, 0.2) is 40.4 Å². The summed E-state index contributed by atoms with van der Waals surface area (Å²) < 4.78 is 22.5. The highest BCUT2D eigenvalue weighted by Gasteiger charge is 2.43. The van der Waals surface area contributed by atoms with E-state index in [4.69, 9.17) is 18.7 Å². The van der Waals surface area contributed by atoms with Gasteiger partial charge in [-0.3, -0.25) is 9.59 Å². The Hall–Kier alpha value is -3.20. The van der Waals surface area contributed by atoms with Crippen LogP contribution in [0, 0.1) is 19.8 Å². The molecule has 3 N–H and O–H groups in total. The highest BCUT2D eigenvalue weighted by molar-refractivity contribution is 7.13. The fraction of sp³-hybridized carbons (Fsp3) is 0.576. The van der Waals surface area contributed by atoms with Gasteiger partial charge in [-0.15, -0.1) is 11.3 Å². The summed E-state index contributed by atoms with van der Waals surface area (Å²) in [7, 11) is 1.87. The maximum atomic E-state index is 13.9. The second-order valence-electron chi connectivity index (χ2n) is 11.8. The van der Waals surface area contributed by atoms with Crippen molar-refractivity contribution in [3.8, 4) is 10.4 Å². The number of thiazole rings is 1. The van der Waals surface area contributed by atoms with Gasteiger partial charge in [0.25, 0.3) is 0 Å². The number of nitrogens with zero attached hydrogens (tertiary/aromatic N) is 3. The summed E-state index contributed by atoms with van der Waals surface area (Å²) in [4.78, 5) is 34.6. The van der Waals surface area contributed by atoms with Crippen molar-refractivity contribution in [2.45, 2.75) is 58.2 Å². The number of β-amino-alcohol motifs (C(OH)–C–C–N with tert-alkyl or cyclic N) is 1. The summed E-state index contributed by atoms with van der Waals surface area (Å²) in [6.45, 7) is 11.0. The predicted octanol–water partition coefficient (Wildman–Crippen LogP) is 3.24. The van der Waals surface area contributed by atoms with Crippen LogP contribution in [0.25, 0.3) is 10.4 Å². The molecule has 4 rings (SSSR count). The molecule has 0 aliphatic carbocycles. The van der Waals surface area contributed by atoms with Crippen LogP contribution in [0.4, 0.5) is 0 Å². The summed E-state index contributed by atoms with van der Waals surface area (Å²) in [5.74, 6) is -0.908. The first-order valence-corrected chi connectivity index (χ1v) is 16.7. The van der Waals surface area contributed by atoms with Crippen molar-refractivity contribution in [3.63, 3.8) is 0 Å². The maximum Gasteiger partial charge on any atom is 0.243 e. The van der Waals surface area contributed by atoms with Gasteiger partial charge < -0.3 is 39.4 Å². The topological polar surface area (TPSA) is 148 Å². The molecule has 0 bridgehead atoms. The lowest BCUT2D eigenvalue weighted by Gasteiger charge is -2.30. The molecule has 0 spiro atoms. The average molecular weight is 658 g/mol. The van der Waals surface area contributed by atoms with Crippen LogP contribution in [0.1, 0.15) is 54.9 Å².